The van der Waals surface area contributed by atoms with Crippen LogP contribution in [0.15, 0.2) is 23.1 Å². The maximum atomic E-state index is 14.2. The molecule has 1 aliphatic carbocycles. The van der Waals surface area contributed by atoms with Gasteiger partial charge in [0.15, 0.2) is 11.6 Å². The fourth-order valence-electron chi connectivity index (χ4n) is 2.53. The number of hydrogen-bond acceptors (Lipinski definition) is 4. The van der Waals surface area contributed by atoms with Crippen molar-refractivity contribution in [2.45, 2.75) is 25.3 Å². The summed E-state index contributed by atoms with van der Waals surface area (Å²) in [6.07, 6.45) is 3.73. The molecule has 0 radical (unpaired) electrons. The molecular formula is C16H17FN2O4. The molecule has 0 unspecified atom stereocenters. The third kappa shape index (κ3) is 2.92. The molecule has 3 rings (SSSR count). The quantitative estimate of drug-likeness (QED) is 0.793. The fraction of sp³-hybridized carbons (Fsp3) is 0.375. The normalized spacial score (nSPS) is 14.2. The maximum absolute atomic E-state index is 14.2. The molecule has 1 saturated carbocycles. The molecular weight excluding hydrogens is 303 g/mol. The van der Waals surface area contributed by atoms with Crippen molar-refractivity contribution < 1.29 is 19.0 Å². The Bertz CT molecular complexity index is 827. The molecule has 1 fully saturated rings. The maximum Gasteiger partial charge on any atom is 0.341 e. The summed E-state index contributed by atoms with van der Waals surface area (Å²) in [6.45, 7) is 0.712. The van der Waals surface area contributed by atoms with E-state index in [0.717, 1.165) is 18.9 Å². The van der Waals surface area contributed by atoms with Gasteiger partial charge in [0.25, 0.3) is 0 Å². The Morgan fingerprint density at radius 3 is 2.78 bits per heavy atom. The predicted molar refractivity (Wildman–Crippen MR) is 82.6 cm³/mol. The highest BCUT2D eigenvalue weighted by Crippen LogP contribution is 2.38. The van der Waals surface area contributed by atoms with Gasteiger partial charge in [-0.3, -0.25) is 4.79 Å². The number of aromatic nitrogens is 1. The minimum absolute atomic E-state index is 0.0443. The predicted octanol–water partition coefficient (Wildman–Crippen LogP) is 1.90. The highest BCUT2D eigenvalue weighted by molar-refractivity contribution is 5.93. The van der Waals surface area contributed by atoms with Crippen LogP contribution in [-0.4, -0.2) is 28.8 Å². The first kappa shape index (κ1) is 15.5. The van der Waals surface area contributed by atoms with Crippen LogP contribution in [0, 0.1) is 5.82 Å². The lowest BCUT2D eigenvalue weighted by molar-refractivity contribution is 0.0695. The van der Waals surface area contributed by atoms with Crippen molar-refractivity contribution in [2.75, 3.05) is 13.2 Å². The van der Waals surface area contributed by atoms with E-state index in [1.165, 1.54) is 12.3 Å². The van der Waals surface area contributed by atoms with Gasteiger partial charge in [-0.2, -0.15) is 0 Å². The van der Waals surface area contributed by atoms with Gasteiger partial charge in [-0.1, -0.05) is 0 Å². The summed E-state index contributed by atoms with van der Waals surface area (Å²) in [5, 5.41) is 9.23. The molecule has 122 valence electrons. The summed E-state index contributed by atoms with van der Waals surface area (Å²) in [6, 6.07) is 2.66. The van der Waals surface area contributed by atoms with Gasteiger partial charge < -0.3 is 20.1 Å². The van der Waals surface area contributed by atoms with Gasteiger partial charge in [0.2, 0.25) is 5.43 Å². The number of nitrogens with two attached hydrogens (primary N) is 1. The van der Waals surface area contributed by atoms with Crippen molar-refractivity contribution in [1.29, 1.82) is 0 Å². The lowest BCUT2D eigenvalue weighted by atomic mass is 10.1. The number of ether oxygens (including phenoxy) is 1. The molecule has 23 heavy (non-hydrogen) atoms. The van der Waals surface area contributed by atoms with Gasteiger partial charge in [0, 0.05) is 23.7 Å². The van der Waals surface area contributed by atoms with Crippen molar-refractivity contribution in [3.63, 3.8) is 0 Å². The van der Waals surface area contributed by atoms with Crippen molar-refractivity contribution in [3.05, 3.63) is 39.9 Å². The smallest absolute Gasteiger partial charge is 0.341 e. The highest BCUT2D eigenvalue weighted by atomic mass is 19.1. The van der Waals surface area contributed by atoms with Crippen LogP contribution in [-0.2, 0) is 0 Å². The second kappa shape index (κ2) is 6.00. The van der Waals surface area contributed by atoms with Crippen LogP contribution < -0.4 is 15.9 Å². The summed E-state index contributed by atoms with van der Waals surface area (Å²) in [5.74, 6) is -1.95. The number of fused-ring (bicyclic) bond motifs is 1. The molecule has 0 saturated heterocycles. The highest BCUT2D eigenvalue weighted by Gasteiger charge is 2.27. The van der Waals surface area contributed by atoms with E-state index in [0.29, 0.717) is 18.5 Å². The van der Waals surface area contributed by atoms with E-state index < -0.39 is 17.2 Å². The second-order valence-electron chi connectivity index (χ2n) is 5.61. The largest absolute Gasteiger partial charge is 0.490 e. The zero-order chi connectivity index (χ0) is 16.6. The van der Waals surface area contributed by atoms with Gasteiger partial charge in [-0.05, 0) is 31.9 Å². The van der Waals surface area contributed by atoms with E-state index in [4.69, 9.17) is 10.5 Å². The number of benzene rings is 1. The van der Waals surface area contributed by atoms with Crippen LogP contribution in [0.1, 0.15) is 35.7 Å². The number of carbonyl (C=O) groups is 1. The molecule has 2 aromatic rings. The van der Waals surface area contributed by atoms with Gasteiger partial charge in [0.1, 0.15) is 5.56 Å². The standard InChI is InChI=1S/C16H17FN2O4/c17-12-6-10-13(7-14(12)23-5-1-4-18)19(9-2-3-9)8-11(15(10)20)16(21)22/h6-9H,1-5,18H2,(H,21,22). The minimum Gasteiger partial charge on any atom is -0.490 e. The number of carboxylic acid groups (broad SMARTS) is 1. The first-order valence-corrected chi connectivity index (χ1v) is 7.47. The molecule has 1 aromatic carbocycles. The Morgan fingerprint density at radius 1 is 1.43 bits per heavy atom. The van der Waals surface area contributed by atoms with E-state index in [1.807, 2.05) is 0 Å². The van der Waals surface area contributed by atoms with E-state index in [2.05, 4.69) is 0 Å². The summed E-state index contributed by atoms with van der Waals surface area (Å²) in [5.41, 5.74) is 4.85. The summed E-state index contributed by atoms with van der Waals surface area (Å²) >= 11 is 0. The molecule has 0 amide bonds. The lowest BCUT2D eigenvalue weighted by Gasteiger charge is -2.14. The van der Waals surface area contributed by atoms with E-state index >= 15 is 0 Å². The van der Waals surface area contributed by atoms with Crippen LogP contribution in [0.5, 0.6) is 5.75 Å². The molecule has 1 heterocycles. The Balaban J connectivity index is 2.17. The van der Waals surface area contributed by atoms with Crippen LogP contribution in [0.2, 0.25) is 0 Å². The zero-order valence-electron chi connectivity index (χ0n) is 12.4. The second-order valence-corrected chi connectivity index (χ2v) is 5.61. The van der Waals surface area contributed by atoms with Crippen molar-refractivity contribution >= 4 is 16.9 Å². The molecule has 0 aliphatic heterocycles. The Hall–Kier alpha value is -2.41. The van der Waals surface area contributed by atoms with Crippen molar-refractivity contribution in [3.8, 4) is 5.75 Å². The van der Waals surface area contributed by atoms with Gasteiger partial charge in [0.05, 0.1) is 12.1 Å². The summed E-state index contributed by atoms with van der Waals surface area (Å²) in [4.78, 5) is 23.5. The van der Waals surface area contributed by atoms with E-state index in [9.17, 15) is 19.1 Å². The lowest BCUT2D eigenvalue weighted by Crippen LogP contribution is -2.19. The van der Waals surface area contributed by atoms with Gasteiger partial charge in [-0.15, -0.1) is 0 Å². The molecule has 1 aliphatic rings. The molecule has 7 heteroatoms. The minimum atomic E-state index is -1.31. The van der Waals surface area contributed by atoms with Gasteiger partial charge >= 0.3 is 5.97 Å². The third-order valence-corrected chi connectivity index (χ3v) is 3.86. The SMILES string of the molecule is NCCCOc1cc2c(cc1F)c(=O)c(C(=O)O)cn2C1CC1. The fourth-order valence-corrected chi connectivity index (χ4v) is 2.53. The number of aromatic carboxylic acids is 1. The zero-order valence-corrected chi connectivity index (χ0v) is 12.4. The first-order chi connectivity index (χ1) is 11.0. The van der Waals surface area contributed by atoms with Gasteiger partial charge in [-0.25, -0.2) is 9.18 Å². The number of nitrogens with zero attached hydrogens (tertiary/aromatic N) is 1. The number of rotatable bonds is 6. The summed E-state index contributed by atoms with van der Waals surface area (Å²) in [7, 11) is 0. The Kier molecular flexibility index (Phi) is 4.04. The number of hydrogen-bond donors (Lipinski definition) is 2. The molecule has 1 aromatic heterocycles. The Morgan fingerprint density at radius 2 is 2.17 bits per heavy atom. The third-order valence-electron chi connectivity index (χ3n) is 3.86. The van der Waals surface area contributed by atoms with E-state index in [1.54, 1.807) is 4.57 Å². The Labute approximate surface area is 131 Å². The average Bonchev–Trinajstić information content (AvgIpc) is 3.33. The topological polar surface area (TPSA) is 94.6 Å². The van der Waals surface area contributed by atoms with Crippen LogP contribution in [0.25, 0.3) is 10.9 Å². The van der Waals surface area contributed by atoms with Crippen molar-refractivity contribution in [2.24, 2.45) is 5.73 Å². The van der Waals surface area contributed by atoms with Crippen LogP contribution in [0.4, 0.5) is 4.39 Å². The average molecular weight is 320 g/mol. The molecule has 0 atom stereocenters. The number of pyridine rings is 1. The summed E-state index contributed by atoms with van der Waals surface area (Å²) < 4.78 is 21.3. The number of halogens is 1. The monoisotopic (exact) mass is 320 g/mol. The molecule has 0 spiro atoms. The van der Waals surface area contributed by atoms with E-state index in [-0.39, 0.29) is 29.3 Å². The molecule has 0 bridgehead atoms. The van der Waals surface area contributed by atoms with Crippen LogP contribution >= 0.6 is 0 Å². The first-order valence-electron chi connectivity index (χ1n) is 7.47. The molecule has 6 nitrogen and oxygen atoms in total. The molecule has 3 N–H and O–H groups in total. The van der Waals surface area contributed by atoms with Crippen LogP contribution in [0.3, 0.4) is 0 Å². The van der Waals surface area contributed by atoms with Crippen molar-refractivity contribution in [1.82, 2.24) is 4.57 Å². The number of carboxylic acids is 1.